The van der Waals surface area contributed by atoms with E-state index in [-0.39, 0.29) is 16.5 Å². The van der Waals surface area contributed by atoms with Crippen LogP contribution in [0.5, 0.6) is 5.75 Å². The normalized spacial score (nSPS) is 9.76. The molecule has 6 nitrogen and oxygen atoms in total. The van der Waals surface area contributed by atoms with Crippen molar-refractivity contribution in [2.24, 2.45) is 5.73 Å². The highest BCUT2D eigenvalue weighted by Gasteiger charge is 2.18. The van der Waals surface area contributed by atoms with E-state index in [4.69, 9.17) is 10.5 Å². The fraction of sp³-hybridized carbons (Fsp3) is 0.222. The van der Waals surface area contributed by atoms with Crippen molar-refractivity contribution >= 4 is 44.6 Å². The van der Waals surface area contributed by atoms with E-state index in [1.807, 2.05) is 6.92 Å². The minimum Gasteiger partial charge on any atom is -0.493 e. The molecule has 0 heterocycles. The van der Waals surface area contributed by atoms with Crippen LogP contribution in [0, 0.1) is 10.1 Å². The van der Waals surface area contributed by atoms with Gasteiger partial charge in [0.05, 0.1) is 16.0 Å². The Morgan fingerprint density at radius 1 is 1.71 bits per heavy atom. The van der Waals surface area contributed by atoms with Crippen LogP contribution in [-0.2, 0) is 0 Å². The zero-order valence-electron chi connectivity index (χ0n) is 8.90. The number of hydrogen-bond donors (Lipinski definition) is 2. The van der Waals surface area contributed by atoms with Crippen molar-refractivity contribution in [3.8, 4) is 5.75 Å². The number of hydrogen-bond acceptors (Lipinski definition) is 4. The molecule has 1 aromatic rings. The Morgan fingerprint density at radius 3 is 2.82 bits per heavy atom. The SMILES string of the molecule is CCOc1cc(NC(N)=S)c([N+](=O)[O-])cc1Br. The minimum atomic E-state index is -0.527. The third-order valence-corrected chi connectivity index (χ3v) is 2.53. The van der Waals surface area contributed by atoms with Gasteiger partial charge >= 0.3 is 0 Å². The van der Waals surface area contributed by atoms with Gasteiger partial charge in [-0.3, -0.25) is 10.1 Å². The molecule has 0 atom stereocenters. The first-order valence-corrected chi connectivity index (χ1v) is 5.83. The average Bonchev–Trinajstić information content (AvgIpc) is 2.21. The average molecular weight is 320 g/mol. The van der Waals surface area contributed by atoms with Crippen LogP contribution in [0.25, 0.3) is 0 Å². The number of nitrogens with zero attached hydrogens (tertiary/aromatic N) is 1. The summed E-state index contributed by atoms with van der Waals surface area (Å²) in [5.41, 5.74) is 5.37. The van der Waals surface area contributed by atoms with Crippen molar-refractivity contribution in [3.05, 3.63) is 26.7 Å². The number of nitro benzene ring substituents is 1. The number of halogens is 1. The summed E-state index contributed by atoms with van der Waals surface area (Å²) in [5, 5.41) is 13.3. The van der Waals surface area contributed by atoms with Crippen molar-refractivity contribution in [2.45, 2.75) is 6.92 Å². The second kappa shape index (κ2) is 5.78. The zero-order valence-corrected chi connectivity index (χ0v) is 11.3. The lowest BCUT2D eigenvalue weighted by Gasteiger charge is -2.10. The first kappa shape index (κ1) is 13.7. The second-order valence-corrected chi connectivity index (χ2v) is 4.27. The monoisotopic (exact) mass is 319 g/mol. The van der Waals surface area contributed by atoms with Gasteiger partial charge in [0.1, 0.15) is 11.4 Å². The van der Waals surface area contributed by atoms with Crippen molar-refractivity contribution < 1.29 is 9.66 Å². The van der Waals surface area contributed by atoms with Crippen LogP contribution in [0.2, 0.25) is 0 Å². The summed E-state index contributed by atoms with van der Waals surface area (Å²) in [4.78, 5) is 10.3. The van der Waals surface area contributed by atoms with E-state index < -0.39 is 4.92 Å². The quantitative estimate of drug-likeness (QED) is 0.503. The van der Waals surface area contributed by atoms with E-state index in [0.29, 0.717) is 16.8 Å². The predicted octanol–water partition coefficient (Wildman–Crippen LogP) is 2.41. The van der Waals surface area contributed by atoms with Gasteiger partial charge in [-0.15, -0.1) is 0 Å². The molecule has 0 saturated carbocycles. The van der Waals surface area contributed by atoms with E-state index in [0.717, 1.165) is 0 Å². The van der Waals surface area contributed by atoms with Gasteiger partial charge in [-0.2, -0.15) is 0 Å². The lowest BCUT2D eigenvalue weighted by Crippen LogP contribution is -2.19. The molecule has 92 valence electrons. The standard InChI is InChI=1S/C9H10BrN3O3S/c1-2-16-8-4-6(12-9(11)17)7(13(14)15)3-5(8)10/h3-4H,2H2,1H3,(H3,11,12,17). The molecular formula is C9H10BrN3O3S. The van der Waals surface area contributed by atoms with Gasteiger partial charge in [-0.1, -0.05) is 0 Å². The Bertz CT molecular complexity index is 467. The molecule has 0 aliphatic heterocycles. The Balaban J connectivity index is 3.25. The van der Waals surface area contributed by atoms with E-state index in [9.17, 15) is 10.1 Å². The van der Waals surface area contributed by atoms with E-state index in [1.54, 1.807) is 0 Å². The first-order valence-electron chi connectivity index (χ1n) is 4.63. The van der Waals surface area contributed by atoms with Gasteiger partial charge in [0, 0.05) is 12.1 Å². The molecule has 0 unspecified atom stereocenters. The molecule has 1 aromatic carbocycles. The molecule has 3 N–H and O–H groups in total. The lowest BCUT2D eigenvalue weighted by atomic mass is 10.2. The van der Waals surface area contributed by atoms with Crippen LogP contribution >= 0.6 is 28.1 Å². The summed E-state index contributed by atoms with van der Waals surface area (Å²) in [6.45, 7) is 2.26. The molecule has 0 aromatic heterocycles. The Kier molecular flexibility index (Phi) is 4.64. The third kappa shape index (κ3) is 3.53. The van der Waals surface area contributed by atoms with Crippen LogP contribution in [0.4, 0.5) is 11.4 Å². The Hall–Kier alpha value is -1.41. The summed E-state index contributed by atoms with van der Waals surface area (Å²) >= 11 is 7.85. The molecule has 0 aliphatic rings. The van der Waals surface area contributed by atoms with Gasteiger partial charge in [0.2, 0.25) is 0 Å². The highest BCUT2D eigenvalue weighted by atomic mass is 79.9. The van der Waals surface area contributed by atoms with Gasteiger partial charge in [-0.05, 0) is 35.1 Å². The molecule has 17 heavy (non-hydrogen) atoms. The van der Waals surface area contributed by atoms with Crippen molar-refractivity contribution in [3.63, 3.8) is 0 Å². The topological polar surface area (TPSA) is 90.4 Å². The molecule has 0 spiro atoms. The smallest absolute Gasteiger partial charge is 0.294 e. The maximum Gasteiger partial charge on any atom is 0.294 e. The maximum atomic E-state index is 10.8. The Labute approximate surface area is 111 Å². The predicted molar refractivity (Wildman–Crippen MR) is 72.4 cm³/mol. The highest BCUT2D eigenvalue weighted by Crippen LogP contribution is 2.36. The van der Waals surface area contributed by atoms with Crippen LogP contribution in [-0.4, -0.2) is 16.6 Å². The largest absolute Gasteiger partial charge is 0.493 e. The fourth-order valence-corrected chi connectivity index (χ4v) is 1.75. The first-order chi connectivity index (χ1) is 7.95. The van der Waals surface area contributed by atoms with Crippen LogP contribution < -0.4 is 15.8 Å². The third-order valence-electron chi connectivity index (χ3n) is 1.80. The number of rotatable bonds is 4. The van der Waals surface area contributed by atoms with Crippen molar-refractivity contribution in [2.75, 3.05) is 11.9 Å². The van der Waals surface area contributed by atoms with Gasteiger partial charge in [-0.25, -0.2) is 0 Å². The molecule has 8 heteroatoms. The number of nitro groups is 1. The second-order valence-electron chi connectivity index (χ2n) is 2.98. The molecular weight excluding hydrogens is 310 g/mol. The number of nitrogens with two attached hydrogens (primary N) is 1. The lowest BCUT2D eigenvalue weighted by molar-refractivity contribution is -0.384. The number of thiocarbonyl (C=S) groups is 1. The molecule has 0 amide bonds. The molecule has 0 bridgehead atoms. The molecule has 0 radical (unpaired) electrons. The summed E-state index contributed by atoms with van der Waals surface area (Å²) in [6.07, 6.45) is 0. The number of nitrogens with one attached hydrogen (secondary N) is 1. The summed E-state index contributed by atoms with van der Waals surface area (Å²) in [5.74, 6) is 0.483. The maximum absolute atomic E-state index is 10.8. The number of benzene rings is 1. The summed E-state index contributed by atoms with van der Waals surface area (Å²) in [7, 11) is 0. The molecule has 0 aliphatic carbocycles. The fourth-order valence-electron chi connectivity index (χ4n) is 1.19. The number of ether oxygens (including phenoxy) is 1. The summed E-state index contributed by atoms with van der Waals surface area (Å²) in [6, 6.07) is 2.82. The van der Waals surface area contributed by atoms with Gasteiger partial charge < -0.3 is 15.8 Å². The van der Waals surface area contributed by atoms with E-state index in [2.05, 4.69) is 33.5 Å². The highest BCUT2D eigenvalue weighted by molar-refractivity contribution is 9.10. The molecule has 0 fully saturated rings. The molecule has 0 saturated heterocycles. The van der Waals surface area contributed by atoms with Crippen molar-refractivity contribution in [1.29, 1.82) is 0 Å². The zero-order chi connectivity index (χ0) is 13.0. The minimum absolute atomic E-state index is 0.0436. The van der Waals surface area contributed by atoms with Crippen LogP contribution in [0.1, 0.15) is 6.92 Å². The van der Waals surface area contributed by atoms with Crippen LogP contribution in [0.15, 0.2) is 16.6 Å². The number of anilines is 1. The van der Waals surface area contributed by atoms with Gasteiger partial charge in [0.15, 0.2) is 5.11 Å². The van der Waals surface area contributed by atoms with Gasteiger partial charge in [0.25, 0.3) is 5.69 Å². The van der Waals surface area contributed by atoms with Crippen LogP contribution in [0.3, 0.4) is 0 Å². The Morgan fingerprint density at radius 2 is 2.35 bits per heavy atom. The molecule has 1 rings (SSSR count). The van der Waals surface area contributed by atoms with Crippen molar-refractivity contribution in [1.82, 2.24) is 0 Å². The van der Waals surface area contributed by atoms with E-state index >= 15 is 0 Å². The van der Waals surface area contributed by atoms with E-state index in [1.165, 1.54) is 12.1 Å². The summed E-state index contributed by atoms with van der Waals surface area (Å²) < 4.78 is 5.80.